The Balaban J connectivity index is 1.47. The molecule has 6 nitrogen and oxygen atoms in total. The highest BCUT2D eigenvalue weighted by molar-refractivity contribution is 7.97. The average molecular weight is 420 g/mol. The molecule has 0 N–H and O–H groups in total. The zero-order valence-corrected chi connectivity index (χ0v) is 17.9. The van der Waals surface area contributed by atoms with Crippen molar-refractivity contribution in [1.29, 1.82) is 0 Å². The lowest BCUT2D eigenvalue weighted by Gasteiger charge is -2.35. The molecule has 0 radical (unpaired) electrons. The van der Waals surface area contributed by atoms with Crippen LogP contribution in [-0.2, 0) is 4.74 Å². The van der Waals surface area contributed by atoms with Crippen LogP contribution in [0.3, 0.4) is 0 Å². The maximum absolute atomic E-state index is 6.03. The van der Waals surface area contributed by atoms with Gasteiger partial charge in [-0.15, -0.1) is 0 Å². The molecule has 28 heavy (non-hydrogen) atoms. The zero-order valence-electron chi connectivity index (χ0n) is 16.2. The van der Waals surface area contributed by atoms with Crippen LogP contribution in [0.15, 0.2) is 59.6 Å². The van der Waals surface area contributed by atoms with Crippen LogP contribution in [0.5, 0.6) is 17.2 Å². The quantitative estimate of drug-likeness (QED) is 0.546. The molecule has 3 rings (SSSR count). The van der Waals surface area contributed by atoms with Gasteiger partial charge in [0.2, 0.25) is 6.35 Å². The molecule has 2 unspecified atom stereocenters. The van der Waals surface area contributed by atoms with E-state index < -0.39 is 0 Å². The molecule has 1 heterocycles. The zero-order chi connectivity index (χ0) is 19.8. The Labute approximate surface area is 175 Å². The number of para-hydroxylation sites is 1. The summed E-state index contributed by atoms with van der Waals surface area (Å²) in [4.78, 5) is 4.47. The molecule has 0 aromatic heterocycles. The van der Waals surface area contributed by atoms with Gasteiger partial charge in [0.05, 0.1) is 12.8 Å². The average Bonchev–Trinajstić information content (AvgIpc) is 2.74. The van der Waals surface area contributed by atoms with Gasteiger partial charge >= 0.3 is 0 Å². The van der Waals surface area contributed by atoms with Gasteiger partial charge in [-0.05, 0) is 49.6 Å². The van der Waals surface area contributed by atoms with Crippen LogP contribution in [-0.4, -0.2) is 53.2 Å². The van der Waals surface area contributed by atoms with Crippen LogP contribution in [0.25, 0.3) is 0 Å². The molecule has 2 aromatic carbocycles. The summed E-state index contributed by atoms with van der Waals surface area (Å²) in [5.74, 6) is 2.36. The van der Waals surface area contributed by atoms with E-state index in [9.17, 15) is 0 Å². The Kier molecular flexibility index (Phi) is 7.90. The van der Waals surface area contributed by atoms with Gasteiger partial charge < -0.3 is 14.2 Å². The highest BCUT2D eigenvalue weighted by Crippen LogP contribution is 2.24. The maximum Gasteiger partial charge on any atom is 0.219 e. The van der Waals surface area contributed by atoms with E-state index in [1.165, 1.54) is 0 Å². The second kappa shape index (κ2) is 10.6. The van der Waals surface area contributed by atoms with E-state index in [0.29, 0.717) is 6.61 Å². The summed E-state index contributed by atoms with van der Waals surface area (Å²) in [6.45, 7) is 3.19. The first kappa shape index (κ1) is 20.9. The number of ether oxygens (including phenoxy) is 3. The highest BCUT2D eigenvalue weighted by Gasteiger charge is 2.25. The molecule has 0 aliphatic carbocycles. The van der Waals surface area contributed by atoms with Gasteiger partial charge in [0, 0.05) is 6.26 Å². The second-order valence-corrected chi connectivity index (χ2v) is 7.74. The van der Waals surface area contributed by atoms with Gasteiger partial charge in [-0.1, -0.05) is 42.1 Å². The predicted octanol–water partition coefficient (Wildman–Crippen LogP) is 4.71. The van der Waals surface area contributed by atoms with E-state index in [1.54, 1.807) is 23.9 Å². The molecular formula is C20H25N3O3S2. The van der Waals surface area contributed by atoms with Crippen LogP contribution in [0, 0.1) is 0 Å². The van der Waals surface area contributed by atoms with Crippen molar-refractivity contribution in [2.24, 2.45) is 4.99 Å². The van der Waals surface area contributed by atoms with Gasteiger partial charge in [0.25, 0.3) is 0 Å². The third kappa shape index (κ3) is 6.07. The molecular weight excluding hydrogens is 394 g/mol. The summed E-state index contributed by atoms with van der Waals surface area (Å²) in [5, 5.41) is 0. The van der Waals surface area contributed by atoms with Crippen molar-refractivity contribution in [3.05, 3.63) is 54.6 Å². The SMILES string of the molecule is CSN1C=NC(OC(C)COc2ccc(Oc3ccccc3)cc2)N(SC)C1. The van der Waals surface area contributed by atoms with Crippen LogP contribution in [0.4, 0.5) is 0 Å². The minimum atomic E-state index is -0.307. The molecule has 0 fully saturated rings. The molecule has 1 aliphatic rings. The summed E-state index contributed by atoms with van der Waals surface area (Å²) in [6, 6.07) is 17.3. The minimum Gasteiger partial charge on any atom is -0.491 e. The molecule has 0 saturated heterocycles. The molecule has 150 valence electrons. The first-order valence-corrected chi connectivity index (χ1v) is 11.3. The Bertz CT molecular complexity index is 746. The van der Waals surface area contributed by atoms with Gasteiger partial charge in [0.1, 0.15) is 30.2 Å². The van der Waals surface area contributed by atoms with Crippen molar-refractivity contribution in [1.82, 2.24) is 8.61 Å². The van der Waals surface area contributed by atoms with Crippen LogP contribution >= 0.6 is 23.9 Å². The Hall–Kier alpha value is -1.87. The van der Waals surface area contributed by atoms with Crippen molar-refractivity contribution in [3.63, 3.8) is 0 Å². The van der Waals surface area contributed by atoms with Gasteiger partial charge in [-0.25, -0.2) is 4.99 Å². The van der Waals surface area contributed by atoms with Crippen LogP contribution in [0.1, 0.15) is 6.92 Å². The summed E-state index contributed by atoms with van der Waals surface area (Å²) < 4.78 is 21.8. The lowest BCUT2D eigenvalue weighted by Crippen LogP contribution is -2.43. The first-order chi connectivity index (χ1) is 13.7. The normalized spacial score (nSPS) is 18.1. The van der Waals surface area contributed by atoms with Crippen molar-refractivity contribution < 1.29 is 14.2 Å². The topological polar surface area (TPSA) is 46.5 Å². The molecule has 0 saturated carbocycles. The number of aliphatic imine (C=N–C) groups is 1. The summed E-state index contributed by atoms with van der Waals surface area (Å²) in [5.41, 5.74) is 0. The fraction of sp³-hybridized carbons (Fsp3) is 0.350. The standard InChI is InChI=1S/C20H25N3O3S2/c1-16(25-20-21-14-22(27-2)15-23(20)28-3)13-24-17-9-11-19(12-10-17)26-18-7-5-4-6-8-18/h4-12,14,16,20H,13,15H2,1-3H3. The van der Waals surface area contributed by atoms with Crippen molar-refractivity contribution in [2.75, 3.05) is 25.8 Å². The summed E-state index contributed by atoms with van der Waals surface area (Å²) in [7, 11) is 0. The van der Waals surface area contributed by atoms with Crippen LogP contribution < -0.4 is 9.47 Å². The van der Waals surface area contributed by atoms with Gasteiger partial charge in [-0.2, -0.15) is 4.31 Å². The van der Waals surface area contributed by atoms with Gasteiger partial charge in [-0.3, -0.25) is 4.31 Å². The fourth-order valence-corrected chi connectivity index (χ4v) is 3.48. The number of hydrogen-bond donors (Lipinski definition) is 0. The van der Waals surface area contributed by atoms with Crippen molar-refractivity contribution in [3.8, 4) is 17.2 Å². The summed E-state index contributed by atoms with van der Waals surface area (Å²) in [6.07, 6.45) is 5.46. The second-order valence-electron chi connectivity index (χ2n) is 6.08. The fourth-order valence-electron chi connectivity index (χ4n) is 2.49. The molecule has 8 heteroatoms. The van der Waals surface area contributed by atoms with E-state index in [4.69, 9.17) is 14.2 Å². The van der Waals surface area contributed by atoms with E-state index in [-0.39, 0.29) is 12.5 Å². The third-order valence-corrected chi connectivity index (χ3v) is 5.40. The lowest BCUT2D eigenvalue weighted by atomic mass is 10.3. The third-order valence-electron chi connectivity index (χ3n) is 3.96. The minimum absolute atomic E-state index is 0.0992. The summed E-state index contributed by atoms with van der Waals surface area (Å²) >= 11 is 3.25. The maximum atomic E-state index is 6.03. The number of nitrogens with zero attached hydrogens (tertiary/aromatic N) is 3. The van der Waals surface area contributed by atoms with E-state index in [0.717, 1.165) is 23.9 Å². The Morgan fingerprint density at radius 1 is 1.00 bits per heavy atom. The molecule has 0 amide bonds. The highest BCUT2D eigenvalue weighted by atomic mass is 32.2. The van der Waals surface area contributed by atoms with E-state index in [1.807, 2.05) is 80.4 Å². The molecule has 0 spiro atoms. The molecule has 0 bridgehead atoms. The molecule has 2 atom stereocenters. The lowest BCUT2D eigenvalue weighted by molar-refractivity contribution is -0.0739. The largest absolute Gasteiger partial charge is 0.491 e. The van der Waals surface area contributed by atoms with E-state index in [2.05, 4.69) is 13.6 Å². The van der Waals surface area contributed by atoms with E-state index >= 15 is 0 Å². The van der Waals surface area contributed by atoms with Crippen molar-refractivity contribution >= 4 is 30.2 Å². The number of hydrogen-bond acceptors (Lipinski definition) is 8. The number of rotatable bonds is 9. The molecule has 1 aliphatic heterocycles. The van der Waals surface area contributed by atoms with Gasteiger partial charge in [0.15, 0.2) is 0 Å². The smallest absolute Gasteiger partial charge is 0.219 e. The Morgan fingerprint density at radius 2 is 1.68 bits per heavy atom. The Morgan fingerprint density at radius 3 is 2.36 bits per heavy atom. The van der Waals surface area contributed by atoms with Crippen LogP contribution in [0.2, 0.25) is 0 Å². The molecule has 2 aromatic rings. The van der Waals surface area contributed by atoms with Crippen molar-refractivity contribution in [2.45, 2.75) is 19.4 Å². The predicted molar refractivity (Wildman–Crippen MR) is 117 cm³/mol. The monoisotopic (exact) mass is 419 g/mol. The first-order valence-electron chi connectivity index (χ1n) is 8.94. The number of benzene rings is 2.